The summed E-state index contributed by atoms with van der Waals surface area (Å²) in [6, 6.07) is 18.8. The summed E-state index contributed by atoms with van der Waals surface area (Å²) < 4.78 is 5.52. The molecule has 22 heavy (non-hydrogen) atoms. The number of fused-ring (bicyclic) bond motifs is 1. The number of ether oxygens (including phenoxy) is 1. The Morgan fingerprint density at radius 3 is 2.14 bits per heavy atom. The van der Waals surface area contributed by atoms with Gasteiger partial charge in [-0.15, -0.1) is 0 Å². The minimum Gasteiger partial charge on any atom is -0.385 e. The highest BCUT2D eigenvalue weighted by molar-refractivity contribution is 5.63. The van der Waals surface area contributed by atoms with Crippen LogP contribution in [0.2, 0.25) is 0 Å². The molecule has 4 rings (SSSR count). The van der Waals surface area contributed by atoms with Gasteiger partial charge in [0.1, 0.15) is 0 Å². The number of epoxide rings is 1. The van der Waals surface area contributed by atoms with Crippen molar-refractivity contribution in [2.75, 3.05) is 0 Å². The number of rotatable bonds is 4. The molecule has 1 N–H and O–H groups in total. The van der Waals surface area contributed by atoms with Crippen molar-refractivity contribution >= 4 is 0 Å². The quantitative estimate of drug-likeness (QED) is 0.860. The summed E-state index contributed by atoms with van der Waals surface area (Å²) in [4.78, 5) is 0. The molecule has 3 unspecified atom stereocenters. The van der Waals surface area contributed by atoms with Crippen LogP contribution in [0, 0.1) is 5.92 Å². The highest BCUT2D eigenvalue weighted by atomic mass is 16.6. The van der Waals surface area contributed by atoms with Gasteiger partial charge in [0, 0.05) is 0 Å². The van der Waals surface area contributed by atoms with Crippen LogP contribution in [-0.2, 0) is 10.3 Å². The molecule has 1 aliphatic carbocycles. The van der Waals surface area contributed by atoms with Crippen LogP contribution < -0.4 is 0 Å². The average Bonchev–Trinajstić information content (AvgIpc) is 3.20. The summed E-state index contributed by atoms with van der Waals surface area (Å²) in [6.07, 6.45) is 3.56. The van der Waals surface area contributed by atoms with Crippen LogP contribution in [0.15, 0.2) is 54.6 Å². The first kappa shape index (κ1) is 14.0. The summed E-state index contributed by atoms with van der Waals surface area (Å²) in [5.74, 6) is 0.323. The maximum atomic E-state index is 11.2. The number of benzene rings is 2. The lowest BCUT2D eigenvalue weighted by atomic mass is 9.77. The Morgan fingerprint density at radius 2 is 1.55 bits per heavy atom. The fourth-order valence-electron chi connectivity index (χ4n) is 3.95. The van der Waals surface area contributed by atoms with Crippen LogP contribution >= 0.6 is 0 Å². The topological polar surface area (TPSA) is 32.8 Å². The molecule has 0 radical (unpaired) electrons. The molecule has 2 fully saturated rings. The van der Waals surface area contributed by atoms with E-state index < -0.39 is 5.60 Å². The van der Waals surface area contributed by atoms with Gasteiger partial charge in [-0.3, -0.25) is 0 Å². The summed E-state index contributed by atoms with van der Waals surface area (Å²) >= 11 is 0. The Bertz CT molecular complexity index is 639. The minimum atomic E-state index is -0.716. The van der Waals surface area contributed by atoms with E-state index in [1.165, 1.54) is 11.1 Å². The lowest BCUT2D eigenvalue weighted by Crippen LogP contribution is -2.34. The Hall–Kier alpha value is -1.64. The van der Waals surface area contributed by atoms with Crippen LogP contribution in [0.4, 0.5) is 0 Å². The Morgan fingerprint density at radius 1 is 0.955 bits per heavy atom. The maximum Gasteiger partial charge on any atom is 0.0923 e. The molecule has 1 heterocycles. The van der Waals surface area contributed by atoms with Gasteiger partial charge in [-0.25, -0.2) is 0 Å². The zero-order valence-electron chi connectivity index (χ0n) is 12.9. The second-order valence-electron chi connectivity index (χ2n) is 6.60. The monoisotopic (exact) mass is 294 g/mol. The van der Waals surface area contributed by atoms with E-state index in [2.05, 4.69) is 55.5 Å². The van der Waals surface area contributed by atoms with E-state index in [0.717, 1.165) is 24.8 Å². The number of hydrogen-bond donors (Lipinski definition) is 1. The van der Waals surface area contributed by atoms with Crippen LogP contribution in [0.1, 0.15) is 31.7 Å². The molecular weight excluding hydrogens is 272 g/mol. The van der Waals surface area contributed by atoms with E-state index >= 15 is 0 Å². The second-order valence-corrected chi connectivity index (χ2v) is 6.60. The van der Waals surface area contributed by atoms with Crippen molar-refractivity contribution in [3.8, 4) is 11.1 Å². The van der Waals surface area contributed by atoms with Crippen molar-refractivity contribution in [3.63, 3.8) is 0 Å². The SMILES string of the molecule is CCC(O)(c1ccc(-c2ccccc2)cc1)C1CC2OC2C1. The Labute approximate surface area is 131 Å². The third-order valence-corrected chi connectivity index (χ3v) is 5.43. The summed E-state index contributed by atoms with van der Waals surface area (Å²) in [5.41, 5.74) is 2.73. The van der Waals surface area contributed by atoms with Crippen molar-refractivity contribution in [2.45, 2.75) is 44.0 Å². The Balaban J connectivity index is 1.61. The van der Waals surface area contributed by atoms with Crippen LogP contribution in [-0.4, -0.2) is 17.3 Å². The van der Waals surface area contributed by atoms with E-state index in [9.17, 15) is 5.11 Å². The van der Waals surface area contributed by atoms with Crippen LogP contribution in [0.25, 0.3) is 11.1 Å². The predicted molar refractivity (Wildman–Crippen MR) is 87.5 cm³/mol. The highest BCUT2D eigenvalue weighted by Gasteiger charge is 2.54. The fraction of sp³-hybridized carbons (Fsp3) is 0.400. The van der Waals surface area contributed by atoms with E-state index in [0.29, 0.717) is 18.1 Å². The molecule has 2 heteroatoms. The fourth-order valence-corrected chi connectivity index (χ4v) is 3.95. The van der Waals surface area contributed by atoms with E-state index in [4.69, 9.17) is 4.74 Å². The van der Waals surface area contributed by atoms with Gasteiger partial charge in [-0.1, -0.05) is 61.5 Å². The van der Waals surface area contributed by atoms with Crippen molar-refractivity contribution in [2.24, 2.45) is 5.92 Å². The van der Waals surface area contributed by atoms with E-state index in [1.807, 2.05) is 6.07 Å². The average molecular weight is 294 g/mol. The molecular formula is C20H22O2. The molecule has 0 spiro atoms. The van der Waals surface area contributed by atoms with Gasteiger partial charge in [0.15, 0.2) is 0 Å². The zero-order valence-corrected chi connectivity index (χ0v) is 12.9. The first-order valence-electron chi connectivity index (χ1n) is 8.24. The van der Waals surface area contributed by atoms with Crippen LogP contribution in [0.5, 0.6) is 0 Å². The van der Waals surface area contributed by atoms with Crippen LogP contribution in [0.3, 0.4) is 0 Å². The standard InChI is InChI=1S/C20H22O2/c1-2-20(21,17-12-18-19(13-17)22-18)16-10-8-15(9-11-16)14-6-4-3-5-7-14/h3-11,17-19,21H,2,12-13H2,1H3. The summed E-state index contributed by atoms with van der Waals surface area (Å²) in [6.45, 7) is 2.08. The minimum absolute atomic E-state index is 0.323. The lowest BCUT2D eigenvalue weighted by Gasteiger charge is -2.34. The molecule has 2 aromatic rings. The molecule has 0 aromatic heterocycles. The van der Waals surface area contributed by atoms with Crippen molar-refractivity contribution in [1.82, 2.24) is 0 Å². The molecule has 1 saturated heterocycles. The molecule has 1 saturated carbocycles. The molecule has 114 valence electrons. The zero-order chi connectivity index (χ0) is 15.2. The largest absolute Gasteiger partial charge is 0.385 e. The summed E-state index contributed by atoms with van der Waals surface area (Å²) in [7, 11) is 0. The molecule has 0 bridgehead atoms. The summed E-state index contributed by atoms with van der Waals surface area (Å²) in [5, 5.41) is 11.2. The van der Waals surface area contributed by atoms with Crippen molar-refractivity contribution in [1.29, 1.82) is 0 Å². The Kier molecular flexibility index (Phi) is 3.32. The molecule has 2 aromatic carbocycles. The van der Waals surface area contributed by atoms with Crippen molar-refractivity contribution < 1.29 is 9.84 Å². The van der Waals surface area contributed by atoms with Gasteiger partial charge in [0.05, 0.1) is 17.8 Å². The molecule has 0 amide bonds. The first-order valence-corrected chi connectivity index (χ1v) is 8.24. The molecule has 2 aliphatic rings. The van der Waals surface area contributed by atoms with Gasteiger partial charge in [-0.2, -0.15) is 0 Å². The highest BCUT2D eigenvalue weighted by Crippen LogP contribution is 2.50. The smallest absolute Gasteiger partial charge is 0.0923 e. The predicted octanol–water partition coefficient (Wildman–Crippen LogP) is 4.13. The molecule has 2 nitrogen and oxygen atoms in total. The third-order valence-electron chi connectivity index (χ3n) is 5.43. The van der Waals surface area contributed by atoms with Gasteiger partial charge in [-0.05, 0) is 41.9 Å². The normalized spacial score (nSPS) is 28.9. The van der Waals surface area contributed by atoms with Gasteiger partial charge in [0.2, 0.25) is 0 Å². The van der Waals surface area contributed by atoms with E-state index in [1.54, 1.807) is 0 Å². The van der Waals surface area contributed by atoms with Gasteiger partial charge in [0.25, 0.3) is 0 Å². The molecule has 1 aliphatic heterocycles. The first-order chi connectivity index (χ1) is 10.7. The number of aliphatic hydroxyl groups is 1. The van der Waals surface area contributed by atoms with E-state index in [-0.39, 0.29) is 0 Å². The van der Waals surface area contributed by atoms with Gasteiger partial charge >= 0.3 is 0 Å². The third kappa shape index (κ3) is 2.27. The lowest BCUT2D eigenvalue weighted by molar-refractivity contribution is -0.0379. The molecule has 3 atom stereocenters. The van der Waals surface area contributed by atoms with Crippen molar-refractivity contribution in [3.05, 3.63) is 60.2 Å². The number of hydrogen-bond acceptors (Lipinski definition) is 2. The van der Waals surface area contributed by atoms with Gasteiger partial charge < -0.3 is 9.84 Å². The maximum absolute atomic E-state index is 11.2. The second kappa shape index (κ2) is 5.22.